The third-order valence-corrected chi connectivity index (χ3v) is 7.96. The second-order valence-corrected chi connectivity index (χ2v) is 10.8. The van der Waals surface area contributed by atoms with Crippen LogP contribution in [0.1, 0.15) is 60.5 Å². The summed E-state index contributed by atoms with van der Waals surface area (Å²) in [5, 5.41) is 3.21. The van der Waals surface area contributed by atoms with E-state index in [2.05, 4.69) is 99.4 Å². The molecule has 1 saturated heterocycles. The summed E-state index contributed by atoms with van der Waals surface area (Å²) in [6, 6.07) is 23.7. The maximum atomic E-state index is 13.2. The van der Waals surface area contributed by atoms with E-state index < -0.39 is 0 Å². The molecule has 2 aliphatic rings. The SMILES string of the molecule is C=C1C=CN=C(C2CCN(C(=O)N[C@@H](C)c3ccc(C)cc3)[C@H](C)C2)c2cc(-c3ccc(C)cc3)ccc21. The third kappa shape index (κ3) is 5.35. The van der Waals surface area contributed by atoms with Gasteiger partial charge in [-0.25, -0.2) is 4.79 Å². The van der Waals surface area contributed by atoms with Crippen molar-refractivity contribution in [3.63, 3.8) is 0 Å². The molecule has 0 aromatic heterocycles. The van der Waals surface area contributed by atoms with Crippen molar-refractivity contribution in [2.75, 3.05) is 6.54 Å². The fourth-order valence-electron chi connectivity index (χ4n) is 5.58. The topological polar surface area (TPSA) is 44.7 Å². The van der Waals surface area contributed by atoms with Gasteiger partial charge in [0.2, 0.25) is 0 Å². The van der Waals surface area contributed by atoms with E-state index in [1.165, 1.54) is 22.3 Å². The van der Waals surface area contributed by atoms with Crippen LogP contribution >= 0.6 is 0 Å². The molecule has 2 amide bonds. The number of piperidine rings is 1. The average Bonchev–Trinajstić information content (AvgIpc) is 3.07. The van der Waals surface area contributed by atoms with E-state index in [4.69, 9.17) is 4.99 Å². The van der Waals surface area contributed by atoms with Gasteiger partial charge in [0.25, 0.3) is 0 Å². The first-order valence-electron chi connectivity index (χ1n) is 13.6. The molecule has 0 saturated carbocycles. The lowest BCUT2D eigenvalue weighted by atomic mass is 9.82. The smallest absolute Gasteiger partial charge is 0.318 e. The lowest BCUT2D eigenvalue weighted by molar-refractivity contribution is 0.146. The molecule has 0 bridgehead atoms. The summed E-state index contributed by atoms with van der Waals surface area (Å²) < 4.78 is 0. The number of carbonyl (C=O) groups is 1. The van der Waals surface area contributed by atoms with Crippen molar-refractivity contribution >= 4 is 17.3 Å². The van der Waals surface area contributed by atoms with E-state index in [0.717, 1.165) is 40.8 Å². The molecule has 4 nitrogen and oxygen atoms in total. The number of benzene rings is 3. The Morgan fingerprint density at radius 2 is 1.63 bits per heavy atom. The summed E-state index contributed by atoms with van der Waals surface area (Å²) >= 11 is 0. The van der Waals surface area contributed by atoms with Gasteiger partial charge in [0, 0.05) is 30.3 Å². The van der Waals surface area contributed by atoms with E-state index >= 15 is 0 Å². The van der Waals surface area contributed by atoms with Gasteiger partial charge in [-0.3, -0.25) is 4.99 Å². The number of amides is 2. The van der Waals surface area contributed by atoms with Crippen molar-refractivity contribution in [2.24, 2.45) is 10.9 Å². The van der Waals surface area contributed by atoms with Crippen LogP contribution < -0.4 is 5.32 Å². The van der Waals surface area contributed by atoms with E-state index in [1.54, 1.807) is 0 Å². The van der Waals surface area contributed by atoms with E-state index in [1.807, 2.05) is 24.1 Å². The highest BCUT2D eigenvalue weighted by atomic mass is 16.2. The zero-order valence-corrected chi connectivity index (χ0v) is 22.9. The zero-order valence-electron chi connectivity index (χ0n) is 22.9. The third-order valence-electron chi connectivity index (χ3n) is 7.96. The molecular weight excluding hydrogens is 466 g/mol. The van der Waals surface area contributed by atoms with Crippen molar-refractivity contribution in [3.05, 3.63) is 113 Å². The Hall–Kier alpha value is -3.92. The number of allylic oxidation sites excluding steroid dienone is 2. The van der Waals surface area contributed by atoms with Gasteiger partial charge in [0.15, 0.2) is 0 Å². The molecule has 194 valence electrons. The summed E-state index contributed by atoms with van der Waals surface area (Å²) in [5.74, 6) is 0.270. The Balaban J connectivity index is 1.34. The molecular formula is C34H37N3O. The Morgan fingerprint density at radius 3 is 2.32 bits per heavy atom. The van der Waals surface area contributed by atoms with E-state index in [9.17, 15) is 4.79 Å². The first kappa shape index (κ1) is 25.7. The maximum absolute atomic E-state index is 13.2. The normalized spacial score (nSPS) is 19.8. The second-order valence-electron chi connectivity index (χ2n) is 10.8. The van der Waals surface area contributed by atoms with Gasteiger partial charge < -0.3 is 10.2 Å². The minimum atomic E-state index is -0.0394. The van der Waals surface area contributed by atoms with E-state index in [-0.39, 0.29) is 24.0 Å². The lowest BCUT2D eigenvalue weighted by Gasteiger charge is -2.39. The van der Waals surface area contributed by atoms with E-state index in [0.29, 0.717) is 6.54 Å². The molecule has 3 aromatic rings. The molecule has 38 heavy (non-hydrogen) atoms. The number of hydrogen-bond acceptors (Lipinski definition) is 2. The fraction of sp³-hybridized carbons (Fsp3) is 0.294. The summed E-state index contributed by atoms with van der Waals surface area (Å²) in [7, 11) is 0. The molecule has 0 spiro atoms. The van der Waals surface area contributed by atoms with Crippen LogP contribution in [0.5, 0.6) is 0 Å². The number of nitrogens with one attached hydrogen (secondary N) is 1. The molecule has 2 aliphatic heterocycles. The average molecular weight is 504 g/mol. The second kappa shape index (κ2) is 10.8. The Morgan fingerprint density at radius 1 is 0.974 bits per heavy atom. The highest BCUT2D eigenvalue weighted by Gasteiger charge is 2.33. The van der Waals surface area contributed by atoms with Crippen molar-refractivity contribution < 1.29 is 4.79 Å². The molecule has 2 heterocycles. The number of rotatable bonds is 4. The number of fused-ring (bicyclic) bond motifs is 1. The Bertz CT molecular complexity index is 1400. The van der Waals surface area contributed by atoms with Gasteiger partial charge >= 0.3 is 6.03 Å². The van der Waals surface area contributed by atoms with Gasteiger partial charge in [-0.15, -0.1) is 0 Å². The van der Waals surface area contributed by atoms with Crippen LogP contribution in [0.3, 0.4) is 0 Å². The summed E-state index contributed by atoms with van der Waals surface area (Å²) in [6.45, 7) is 13.4. The Labute approximate surface area is 226 Å². The van der Waals surface area contributed by atoms with Crippen LogP contribution in [0.25, 0.3) is 16.7 Å². The predicted octanol–water partition coefficient (Wildman–Crippen LogP) is 7.87. The standard InChI is InChI=1S/C34H37N3O/c1-22-6-10-27(11-7-22)26(5)36-34(38)37-19-17-30(20-25(37)4)33-32-21-29(28-12-8-23(2)9-13-28)14-15-31(32)24(3)16-18-35-33/h6-16,18,21,25-26,30H,3,17,19-20H2,1-2,4-5H3,(H,36,38)/t25-,26+,30?/m1/s1. The molecule has 4 heteroatoms. The molecule has 1 fully saturated rings. The summed E-state index contributed by atoms with van der Waals surface area (Å²) in [4.78, 5) is 20.2. The minimum Gasteiger partial charge on any atom is -0.331 e. The molecule has 0 aliphatic carbocycles. The van der Waals surface area contributed by atoms with Crippen molar-refractivity contribution in [3.8, 4) is 11.1 Å². The monoisotopic (exact) mass is 503 g/mol. The number of aryl methyl sites for hydroxylation is 2. The number of nitrogens with zero attached hydrogens (tertiary/aromatic N) is 2. The van der Waals surface area contributed by atoms with Crippen LogP contribution in [0.15, 0.2) is 90.6 Å². The predicted molar refractivity (Wildman–Crippen MR) is 158 cm³/mol. The largest absolute Gasteiger partial charge is 0.331 e. The first-order chi connectivity index (χ1) is 18.3. The molecule has 0 radical (unpaired) electrons. The van der Waals surface area contributed by atoms with Gasteiger partial charge in [-0.2, -0.15) is 0 Å². The fourth-order valence-corrected chi connectivity index (χ4v) is 5.58. The van der Waals surface area contributed by atoms with Crippen LogP contribution in [-0.4, -0.2) is 29.2 Å². The quantitative estimate of drug-likeness (QED) is 0.387. The van der Waals surface area contributed by atoms with Gasteiger partial charge in [0.05, 0.1) is 11.8 Å². The lowest BCUT2D eigenvalue weighted by Crippen LogP contribution is -2.50. The van der Waals surface area contributed by atoms with Gasteiger partial charge in [-0.1, -0.05) is 78.4 Å². The van der Waals surface area contributed by atoms with Crippen molar-refractivity contribution in [1.82, 2.24) is 10.2 Å². The van der Waals surface area contributed by atoms with Crippen LogP contribution in [-0.2, 0) is 0 Å². The molecule has 3 atom stereocenters. The Kier molecular flexibility index (Phi) is 7.33. The number of likely N-dealkylation sites (tertiary alicyclic amines) is 1. The molecule has 5 rings (SSSR count). The first-order valence-corrected chi connectivity index (χ1v) is 13.6. The van der Waals surface area contributed by atoms with Crippen molar-refractivity contribution in [1.29, 1.82) is 0 Å². The highest BCUT2D eigenvalue weighted by molar-refractivity contribution is 6.08. The maximum Gasteiger partial charge on any atom is 0.318 e. The number of aliphatic imine (C=N–C) groups is 1. The summed E-state index contributed by atoms with van der Waals surface area (Å²) in [5.41, 5.74) is 10.3. The number of carbonyl (C=O) groups excluding carboxylic acids is 1. The molecule has 3 aromatic carbocycles. The number of urea groups is 1. The zero-order chi connectivity index (χ0) is 26.8. The van der Waals surface area contributed by atoms with Gasteiger partial charge in [-0.05, 0) is 80.5 Å². The van der Waals surface area contributed by atoms with Crippen LogP contribution in [0, 0.1) is 19.8 Å². The van der Waals surface area contributed by atoms with Crippen molar-refractivity contribution in [2.45, 2.75) is 52.6 Å². The van der Waals surface area contributed by atoms with Crippen LogP contribution in [0.4, 0.5) is 4.79 Å². The summed E-state index contributed by atoms with van der Waals surface area (Å²) in [6.07, 6.45) is 5.63. The molecule has 1 N–H and O–H groups in total. The molecule has 1 unspecified atom stereocenters. The number of hydrogen-bond donors (Lipinski definition) is 1. The van der Waals surface area contributed by atoms with Crippen LogP contribution in [0.2, 0.25) is 0 Å². The highest BCUT2D eigenvalue weighted by Crippen LogP contribution is 2.34. The minimum absolute atomic E-state index is 0.00200. The van der Waals surface area contributed by atoms with Gasteiger partial charge in [0.1, 0.15) is 0 Å².